The summed E-state index contributed by atoms with van der Waals surface area (Å²) in [7, 11) is 5.98. The Bertz CT molecular complexity index is 1960. The normalized spacial score (nSPS) is 13.5. The molecule has 91 heavy (non-hydrogen) atoms. The number of carbonyl (C=O) groups is 3. The SMILES string of the molecule is CC/C=C\C/C=C\C/C=C\C/C=C\C/C=C\C/C=C\CCCCCCCCCCCCCCCCCCCCCCC(=O)OC(COC(=O)CCCCCCCCCCCCC/C=C\C/C=C\C/C=C\C/C=C\C/C=C\CC)COC(OCC[N+](C)(C)C)C(=O)O. The van der Waals surface area contributed by atoms with Crippen LogP contribution in [0.1, 0.15) is 309 Å². The van der Waals surface area contributed by atoms with E-state index < -0.39 is 24.3 Å². The van der Waals surface area contributed by atoms with E-state index in [1.54, 1.807) is 0 Å². The van der Waals surface area contributed by atoms with Crippen molar-refractivity contribution >= 4 is 17.9 Å². The third-order valence-corrected chi connectivity index (χ3v) is 15.9. The Morgan fingerprint density at radius 1 is 0.330 bits per heavy atom. The number of likely N-dealkylation sites (N-methyl/N-ethyl adjacent to an activating group) is 1. The molecular formula is C82H140NO8+. The van der Waals surface area contributed by atoms with Gasteiger partial charge < -0.3 is 28.5 Å². The average Bonchev–Trinajstić information content (AvgIpc) is 3.46. The second-order valence-electron chi connectivity index (χ2n) is 25.8. The zero-order chi connectivity index (χ0) is 66.1. The number of allylic oxidation sites excluding steroid dienone is 22. The molecule has 0 radical (unpaired) electrons. The van der Waals surface area contributed by atoms with Crippen LogP contribution in [0.5, 0.6) is 0 Å². The van der Waals surface area contributed by atoms with Crippen LogP contribution in [0, 0.1) is 0 Å². The number of esters is 2. The number of rotatable bonds is 68. The first-order chi connectivity index (χ1) is 44.6. The summed E-state index contributed by atoms with van der Waals surface area (Å²) >= 11 is 0. The van der Waals surface area contributed by atoms with Crippen LogP contribution < -0.4 is 0 Å². The van der Waals surface area contributed by atoms with Gasteiger partial charge in [-0.15, -0.1) is 0 Å². The first-order valence-electron chi connectivity index (χ1n) is 37.3. The monoisotopic (exact) mass is 1270 g/mol. The maximum absolute atomic E-state index is 13.0. The summed E-state index contributed by atoms with van der Waals surface area (Å²) < 4.78 is 23.0. The summed E-state index contributed by atoms with van der Waals surface area (Å²) in [5, 5.41) is 9.76. The van der Waals surface area contributed by atoms with Crippen LogP contribution in [0.25, 0.3) is 0 Å². The number of aliphatic carboxylic acids is 1. The number of unbranched alkanes of at least 4 members (excludes halogenated alkanes) is 31. The number of carboxylic acids is 1. The fourth-order valence-electron chi connectivity index (χ4n) is 10.3. The molecule has 0 aliphatic carbocycles. The van der Waals surface area contributed by atoms with Gasteiger partial charge in [-0.2, -0.15) is 0 Å². The van der Waals surface area contributed by atoms with Crippen molar-refractivity contribution in [3.63, 3.8) is 0 Å². The van der Waals surface area contributed by atoms with E-state index in [9.17, 15) is 19.5 Å². The van der Waals surface area contributed by atoms with Crippen LogP contribution >= 0.6 is 0 Å². The van der Waals surface area contributed by atoms with Crippen molar-refractivity contribution in [3.8, 4) is 0 Å². The van der Waals surface area contributed by atoms with Gasteiger partial charge in [0.2, 0.25) is 0 Å². The molecule has 2 atom stereocenters. The quantitative estimate of drug-likeness (QED) is 0.0211. The van der Waals surface area contributed by atoms with Gasteiger partial charge >= 0.3 is 17.9 Å². The zero-order valence-corrected chi connectivity index (χ0v) is 59.5. The van der Waals surface area contributed by atoms with Crippen LogP contribution in [0.4, 0.5) is 0 Å². The van der Waals surface area contributed by atoms with Crippen LogP contribution in [-0.2, 0) is 33.3 Å². The molecule has 0 aliphatic rings. The largest absolute Gasteiger partial charge is 0.477 e. The topological polar surface area (TPSA) is 108 Å². The molecule has 1 N–H and O–H groups in total. The first-order valence-corrected chi connectivity index (χ1v) is 37.3. The number of carbonyl (C=O) groups excluding carboxylic acids is 2. The summed E-state index contributed by atoms with van der Waals surface area (Å²) in [4.78, 5) is 37.7. The van der Waals surface area contributed by atoms with E-state index in [2.05, 4.69) is 148 Å². The first kappa shape index (κ1) is 86.4. The highest BCUT2D eigenvalue weighted by atomic mass is 16.7. The van der Waals surface area contributed by atoms with Gasteiger partial charge in [0.15, 0.2) is 6.10 Å². The number of nitrogens with zero attached hydrogens (tertiary/aromatic N) is 1. The number of ether oxygens (including phenoxy) is 4. The lowest BCUT2D eigenvalue weighted by molar-refractivity contribution is -0.870. The molecule has 0 saturated carbocycles. The van der Waals surface area contributed by atoms with Crippen molar-refractivity contribution in [2.24, 2.45) is 0 Å². The number of hydrogen-bond acceptors (Lipinski definition) is 7. The van der Waals surface area contributed by atoms with Gasteiger partial charge in [0.05, 0.1) is 34.4 Å². The Morgan fingerprint density at radius 2 is 0.593 bits per heavy atom. The van der Waals surface area contributed by atoms with Crippen LogP contribution in [0.2, 0.25) is 0 Å². The van der Waals surface area contributed by atoms with E-state index in [0.29, 0.717) is 17.4 Å². The Hall–Kier alpha value is -4.57. The van der Waals surface area contributed by atoms with Gasteiger partial charge in [0.1, 0.15) is 13.2 Å². The number of hydrogen-bond donors (Lipinski definition) is 1. The Labute approximate surface area is 560 Å². The van der Waals surface area contributed by atoms with E-state index in [0.717, 1.165) is 109 Å². The molecule has 0 aliphatic heterocycles. The number of quaternary nitrogens is 1. The molecular weight excluding hydrogens is 1130 g/mol. The lowest BCUT2D eigenvalue weighted by Crippen LogP contribution is -2.40. The Balaban J connectivity index is 4.05. The molecule has 0 aromatic carbocycles. The molecule has 0 fully saturated rings. The molecule has 0 aromatic rings. The highest BCUT2D eigenvalue weighted by molar-refractivity contribution is 5.71. The minimum Gasteiger partial charge on any atom is -0.477 e. The zero-order valence-electron chi connectivity index (χ0n) is 59.5. The predicted octanol–water partition coefficient (Wildman–Crippen LogP) is 23.7. The van der Waals surface area contributed by atoms with Gasteiger partial charge in [0, 0.05) is 12.8 Å². The molecule has 0 bridgehead atoms. The molecule has 2 unspecified atom stereocenters. The highest BCUT2D eigenvalue weighted by Crippen LogP contribution is 2.18. The third kappa shape index (κ3) is 72.7. The van der Waals surface area contributed by atoms with Crippen molar-refractivity contribution in [1.29, 1.82) is 0 Å². The fourth-order valence-corrected chi connectivity index (χ4v) is 10.3. The molecule has 0 rings (SSSR count). The maximum atomic E-state index is 13.0. The summed E-state index contributed by atoms with van der Waals surface area (Å²) in [6.07, 6.45) is 100. The molecule has 0 spiro atoms. The van der Waals surface area contributed by atoms with Crippen molar-refractivity contribution in [2.45, 2.75) is 322 Å². The number of carboxylic acid groups (broad SMARTS) is 1. The highest BCUT2D eigenvalue weighted by Gasteiger charge is 2.25. The Morgan fingerprint density at radius 3 is 0.879 bits per heavy atom. The fraction of sp³-hybridized carbons (Fsp3) is 0.695. The predicted molar refractivity (Wildman–Crippen MR) is 391 cm³/mol. The van der Waals surface area contributed by atoms with Crippen LogP contribution in [0.3, 0.4) is 0 Å². The minimum atomic E-state index is -1.52. The van der Waals surface area contributed by atoms with Crippen molar-refractivity contribution in [3.05, 3.63) is 134 Å². The smallest absolute Gasteiger partial charge is 0.361 e. The van der Waals surface area contributed by atoms with E-state index in [1.165, 1.54) is 173 Å². The molecule has 0 saturated heterocycles. The summed E-state index contributed by atoms with van der Waals surface area (Å²) in [6, 6.07) is 0. The van der Waals surface area contributed by atoms with Gasteiger partial charge in [-0.1, -0.05) is 321 Å². The van der Waals surface area contributed by atoms with E-state index >= 15 is 0 Å². The van der Waals surface area contributed by atoms with Crippen LogP contribution in [-0.4, -0.2) is 87.4 Å². The molecule has 0 aromatic heterocycles. The van der Waals surface area contributed by atoms with E-state index in [-0.39, 0.29) is 32.2 Å². The van der Waals surface area contributed by atoms with E-state index in [4.69, 9.17) is 18.9 Å². The maximum Gasteiger partial charge on any atom is 0.361 e. The van der Waals surface area contributed by atoms with Crippen molar-refractivity contribution in [1.82, 2.24) is 0 Å². The molecule has 9 heteroatoms. The van der Waals surface area contributed by atoms with Gasteiger partial charge in [0.25, 0.3) is 6.29 Å². The van der Waals surface area contributed by atoms with Crippen LogP contribution in [0.15, 0.2) is 134 Å². The van der Waals surface area contributed by atoms with E-state index in [1.807, 2.05) is 21.1 Å². The second kappa shape index (κ2) is 71.3. The molecule has 0 amide bonds. The van der Waals surface area contributed by atoms with Crippen molar-refractivity contribution < 1.29 is 42.9 Å². The standard InChI is InChI=1S/C82H139NO8/c1-6-8-10-12-14-16-18-20-22-24-26-28-30-32-34-35-36-37-38-39-40-41-42-43-44-45-47-49-51-53-55-57-59-61-63-65-67-69-71-73-80(85)91-78(77-90-82(81(86)87)88-75-74-83(3,4)5)76-89-79(84)72-70-68-66-64-62-60-58-56-54-52-50-48-46-33-31-29-27-25-23-21-19-17-15-13-11-9-7-2/h8-11,14-17,20-23,26-29,32-34,36-37,46,78,82H,6-7,12-13,18-19,24-25,30-31,35,38-45,47-77H2,1-5H3/p+1/b10-8-,11-9-,16-14-,17-15-,22-20-,23-21-,28-26-,29-27-,34-32-,37-36-,46-33-. The third-order valence-electron chi connectivity index (χ3n) is 15.9. The summed E-state index contributed by atoms with van der Waals surface area (Å²) in [5.74, 6) is -2.00. The second-order valence-corrected chi connectivity index (χ2v) is 25.8. The van der Waals surface area contributed by atoms with Crippen molar-refractivity contribution in [2.75, 3.05) is 47.5 Å². The lowest BCUT2D eigenvalue weighted by Gasteiger charge is -2.25. The molecule has 0 heterocycles. The van der Waals surface area contributed by atoms with Gasteiger partial charge in [-0.05, 0) is 109 Å². The summed E-state index contributed by atoms with van der Waals surface area (Å²) in [5.41, 5.74) is 0. The van der Waals surface area contributed by atoms with Gasteiger partial charge in [-0.3, -0.25) is 9.59 Å². The minimum absolute atomic E-state index is 0.184. The molecule has 9 nitrogen and oxygen atoms in total. The lowest BCUT2D eigenvalue weighted by atomic mass is 10.0. The molecule has 520 valence electrons. The Kier molecular flexibility index (Phi) is 67.7. The van der Waals surface area contributed by atoms with Gasteiger partial charge in [-0.25, -0.2) is 4.79 Å². The average molecular weight is 1270 g/mol. The summed E-state index contributed by atoms with van der Waals surface area (Å²) in [6.45, 7) is 4.67.